The van der Waals surface area contributed by atoms with Crippen molar-refractivity contribution in [2.75, 3.05) is 27.2 Å². The lowest BCUT2D eigenvalue weighted by molar-refractivity contribution is -0.807. The molecule has 1 amide bonds. The molecule has 0 aliphatic rings. The molecule has 0 spiro atoms. The summed E-state index contributed by atoms with van der Waals surface area (Å²) in [4.78, 5) is 23.5. The second kappa shape index (κ2) is 7.97. The molecule has 0 saturated heterocycles. The van der Waals surface area contributed by atoms with Gasteiger partial charge in [0.05, 0.1) is 19.7 Å². The lowest BCUT2D eigenvalue weighted by Crippen LogP contribution is -3.00. The number of carbonyl (C=O) groups is 2. The topological polar surface area (TPSA) is 43.4 Å². The molecule has 0 radical (unpaired) electrons. The highest BCUT2D eigenvalue weighted by Gasteiger charge is 2.27. The number of benzene rings is 1. The standard InChI is InChI=1S/C15H20NO3.BrH/c1-12(2)15(18)19-11-10-16(3,4)14(17)13-8-6-5-7-9-13;/h5-9H,1,10-11H2,2-4H3;1H/q+1;/p-1. The number of halogens is 1. The van der Waals surface area contributed by atoms with Crippen molar-refractivity contribution in [2.24, 2.45) is 0 Å². The predicted molar refractivity (Wildman–Crippen MR) is 73.5 cm³/mol. The Labute approximate surface area is 130 Å². The SMILES string of the molecule is C=C(C)C(=O)OCC[N+](C)(C)C(=O)c1ccccc1.[Br-]. The minimum Gasteiger partial charge on any atom is -1.00 e. The summed E-state index contributed by atoms with van der Waals surface area (Å²) in [6.45, 7) is 5.72. The average molecular weight is 342 g/mol. The van der Waals surface area contributed by atoms with Crippen LogP contribution in [0.5, 0.6) is 0 Å². The van der Waals surface area contributed by atoms with Crippen LogP contribution in [0.15, 0.2) is 42.5 Å². The van der Waals surface area contributed by atoms with Crippen LogP contribution in [0.4, 0.5) is 0 Å². The van der Waals surface area contributed by atoms with Crippen LogP contribution >= 0.6 is 0 Å². The minimum absolute atomic E-state index is 0. The highest BCUT2D eigenvalue weighted by molar-refractivity contribution is 5.88. The summed E-state index contributed by atoms with van der Waals surface area (Å²) in [5.74, 6) is -0.431. The maximum atomic E-state index is 12.3. The molecule has 5 heteroatoms. The fourth-order valence-electron chi connectivity index (χ4n) is 1.52. The van der Waals surface area contributed by atoms with Crippen LogP contribution < -0.4 is 17.0 Å². The Hall–Kier alpha value is -1.46. The van der Waals surface area contributed by atoms with Gasteiger partial charge in [-0.15, -0.1) is 0 Å². The van der Waals surface area contributed by atoms with Gasteiger partial charge >= 0.3 is 11.9 Å². The lowest BCUT2D eigenvalue weighted by atomic mass is 10.2. The van der Waals surface area contributed by atoms with E-state index in [1.807, 2.05) is 18.2 Å². The molecule has 0 N–H and O–H groups in total. The van der Waals surface area contributed by atoms with Crippen molar-refractivity contribution in [3.63, 3.8) is 0 Å². The average Bonchev–Trinajstić information content (AvgIpc) is 2.38. The Balaban J connectivity index is 0.00000361. The largest absolute Gasteiger partial charge is 1.00 e. The van der Waals surface area contributed by atoms with Gasteiger partial charge in [-0.3, -0.25) is 4.48 Å². The number of ether oxygens (including phenoxy) is 1. The normalized spacial score (nSPS) is 10.3. The van der Waals surface area contributed by atoms with Crippen molar-refractivity contribution in [3.05, 3.63) is 48.0 Å². The summed E-state index contributed by atoms with van der Waals surface area (Å²) < 4.78 is 5.15. The summed E-state index contributed by atoms with van der Waals surface area (Å²) in [7, 11) is 3.59. The third kappa shape index (κ3) is 5.27. The molecule has 0 unspecified atom stereocenters. The Kier molecular flexibility index (Phi) is 7.39. The molecule has 0 aliphatic carbocycles. The van der Waals surface area contributed by atoms with Gasteiger partial charge < -0.3 is 21.7 Å². The van der Waals surface area contributed by atoms with E-state index in [0.717, 1.165) is 0 Å². The number of carbonyl (C=O) groups excluding carboxylic acids is 2. The zero-order valence-electron chi connectivity index (χ0n) is 12.1. The van der Waals surface area contributed by atoms with Crippen LogP contribution in [-0.4, -0.2) is 43.6 Å². The lowest BCUT2D eigenvalue weighted by Gasteiger charge is -2.26. The molecule has 1 rings (SSSR count). The number of hydrogen-bond donors (Lipinski definition) is 0. The van der Waals surface area contributed by atoms with Crippen LogP contribution in [0.2, 0.25) is 0 Å². The van der Waals surface area contributed by atoms with Crippen LogP contribution in [0.1, 0.15) is 17.3 Å². The van der Waals surface area contributed by atoms with Crippen molar-refractivity contribution in [2.45, 2.75) is 6.92 Å². The van der Waals surface area contributed by atoms with Crippen LogP contribution in [0.3, 0.4) is 0 Å². The number of quaternary nitrogens is 1. The smallest absolute Gasteiger partial charge is 0.345 e. The van der Waals surface area contributed by atoms with Crippen molar-refractivity contribution < 1.29 is 35.8 Å². The highest BCUT2D eigenvalue weighted by Crippen LogP contribution is 2.09. The molecule has 0 bridgehead atoms. The third-order valence-corrected chi connectivity index (χ3v) is 2.80. The van der Waals surface area contributed by atoms with E-state index in [0.29, 0.717) is 17.7 Å². The monoisotopic (exact) mass is 341 g/mol. The van der Waals surface area contributed by atoms with E-state index in [9.17, 15) is 9.59 Å². The van der Waals surface area contributed by atoms with Crippen molar-refractivity contribution in [1.82, 2.24) is 0 Å². The highest BCUT2D eigenvalue weighted by atomic mass is 79.9. The van der Waals surface area contributed by atoms with Gasteiger partial charge in [-0.25, -0.2) is 9.59 Å². The molecule has 0 heterocycles. The molecule has 0 atom stereocenters. The molecular weight excluding hydrogens is 322 g/mol. The van der Waals surface area contributed by atoms with Gasteiger partial charge in [0.15, 0.2) is 0 Å². The second-order valence-electron chi connectivity index (χ2n) is 5.00. The number of esters is 1. The minimum atomic E-state index is -0.424. The van der Waals surface area contributed by atoms with E-state index in [4.69, 9.17) is 4.74 Å². The van der Waals surface area contributed by atoms with Gasteiger partial charge in [0.25, 0.3) is 0 Å². The molecule has 4 nitrogen and oxygen atoms in total. The number of likely N-dealkylation sites (N-methyl/N-ethyl adjacent to an activating group) is 1. The molecule has 0 aliphatic heterocycles. The Morgan fingerprint density at radius 2 is 1.75 bits per heavy atom. The number of rotatable bonds is 5. The van der Waals surface area contributed by atoms with Crippen LogP contribution in [0, 0.1) is 0 Å². The number of nitrogens with zero attached hydrogens (tertiary/aromatic N) is 1. The van der Waals surface area contributed by atoms with Gasteiger partial charge in [-0.1, -0.05) is 24.8 Å². The molecule has 20 heavy (non-hydrogen) atoms. The molecule has 0 saturated carbocycles. The summed E-state index contributed by atoms with van der Waals surface area (Å²) in [6, 6.07) is 9.08. The van der Waals surface area contributed by atoms with E-state index >= 15 is 0 Å². The molecule has 110 valence electrons. The first kappa shape index (κ1) is 18.5. The van der Waals surface area contributed by atoms with Crippen molar-refractivity contribution >= 4 is 11.9 Å². The quantitative estimate of drug-likeness (QED) is 0.393. The maximum absolute atomic E-state index is 12.3. The Bertz CT molecular complexity index is 483. The van der Waals surface area contributed by atoms with Gasteiger partial charge in [0.1, 0.15) is 13.2 Å². The second-order valence-corrected chi connectivity index (χ2v) is 5.00. The van der Waals surface area contributed by atoms with E-state index in [1.165, 1.54) is 0 Å². The molecule has 0 fully saturated rings. The van der Waals surface area contributed by atoms with Crippen molar-refractivity contribution in [1.29, 1.82) is 0 Å². The molecular formula is C15H20BrNO3. The molecule has 0 aromatic heterocycles. The van der Waals surface area contributed by atoms with E-state index in [-0.39, 0.29) is 34.0 Å². The van der Waals surface area contributed by atoms with E-state index in [2.05, 4.69) is 6.58 Å². The summed E-state index contributed by atoms with van der Waals surface area (Å²) >= 11 is 0. The van der Waals surface area contributed by atoms with Gasteiger partial charge in [-0.05, 0) is 19.1 Å². The first-order chi connectivity index (χ1) is 8.84. The summed E-state index contributed by atoms with van der Waals surface area (Å²) in [6.07, 6.45) is 0. The van der Waals surface area contributed by atoms with E-state index < -0.39 is 5.97 Å². The van der Waals surface area contributed by atoms with Gasteiger partial charge in [0.2, 0.25) is 0 Å². The first-order valence-corrected chi connectivity index (χ1v) is 6.10. The van der Waals surface area contributed by atoms with Crippen LogP contribution in [-0.2, 0) is 9.53 Å². The first-order valence-electron chi connectivity index (χ1n) is 6.10. The zero-order valence-corrected chi connectivity index (χ0v) is 13.6. The Morgan fingerprint density at radius 3 is 2.25 bits per heavy atom. The molecule has 1 aromatic rings. The van der Waals surface area contributed by atoms with Crippen molar-refractivity contribution in [3.8, 4) is 0 Å². The zero-order chi connectivity index (χ0) is 14.5. The van der Waals surface area contributed by atoms with Gasteiger partial charge in [-0.2, -0.15) is 0 Å². The number of amides is 1. The van der Waals surface area contributed by atoms with Crippen LogP contribution in [0.25, 0.3) is 0 Å². The summed E-state index contributed by atoms with van der Waals surface area (Å²) in [5.41, 5.74) is 1.01. The predicted octanol–water partition coefficient (Wildman–Crippen LogP) is -0.973. The van der Waals surface area contributed by atoms with E-state index in [1.54, 1.807) is 33.2 Å². The molecule has 1 aromatic carbocycles. The number of hydrogen-bond acceptors (Lipinski definition) is 3. The Morgan fingerprint density at radius 1 is 1.20 bits per heavy atom. The maximum Gasteiger partial charge on any atom is 0.345 e. The van der Waals surface area contributed by atoms with Gasteiger partial charge in [0, 0.05) is 5.57 Å². The third-order valence-electron chi connectivity index (χ3n) is 2.80. The fourth-order valence-corrected chi connectivity index (χ4v) is 1.52. The fraction of sp³-hybridized carbons (Fsp3) is 0.333. The summed E-state index contributed by atoms with van der Waals surface area (Å²) in [5, 5.41) is 0.